The van der Waals surface area contributed by atoms with E-state index in [4.69, 9.17) is 0 Å². The minimum atomic E-state index is 0.537. The maximum absolute atomic E-state index is 4.52. The van der Waals surface area contributed by atoms with Crippen LogP contribution in [0.15, 0.2) is 12.4 Å². The molecule has 2 N–H and O–H groups in total. The number of anilines is 2. The topological polar surface area (TPSA) is 49.8 Å². The van der Waals surface area contributed by atoms with Gasteiger partial charge in [-0.25, -0.2) is 4.98 Å². The molecule has 1 saturated carbocycles. The van der Waals surface area contributed by atoms with Crippen LogP contribution in [0.4, 0.5) is 11.6 Å². The summed E-state index contributed by atoms with van der Waals surface area (Å²) in [4.78, 5) is 8.74. The van der Waals surface area contributed by atoms with Gasteiger partial charge in [-0.3, -0.25) is 4.98 Å². The Morgan fingerprint density at radius 3 is 2.44 bits per heavy atom. The molecule has 0 spiro atoms. The van der Waals surface area contributed by atoms with Gasteiger partial charge in [0, 0.05) is 12.6 Å². The van der Waals surface area contributed by atoms with Gasteiger partial charge in [0.1, 0.15) is 11.6 Å². The van der Waals surface area contributed by atoms with Gasteiger partial charge in [0.05, 0.1) is 12.4 Å². The standard InChI is InChI=1S/C14H24N4/c1-4-16-13-8-15-9-14(18-13)17-12-6-10(2)5-11(3)7-12/h8-12H,4-7H2,1-3H3,(H2,16,17,18). The van der Waals surface area contributed by atoms with Crippen LogP contribution in [-0.4, -0.2) is 22.6 Å². The summed E-state index contributed by atoms with van der Waals surface area (Å²) in [7, 11) is 0. The molecule has 2 unspecified atom stereocenters. The lowest BCUT2D eigenvalue weighted by Crippen LogP contribution is -2.30. The highest BCUT2D eigenvalue weighted by atomic mass is 15.1. The van der Waals surface area contributed by atoms with Crippen molar-refractivity contribution in [3.8, 4) is 0 Å². The van der Waals surface area contributed by atoms with Crippen molar-refractivity contribution in [2.24, 2.45) is 11.8 Å². The van der Waals surface area contributed by atoms with Gasteiger partial charge >= 0.3 is 0 Å². The Bertz CT molecular complexity index is 370. The fourth-order valence-electron chi connectivity index (χ4n) is 2.98. The second-order valence-corrected chi connectivity index (χ2v) is 5.58. The summed E-state index contributed by atoms with van der Waals surface area (Å²) in [6.45, 7) is 7.61. The Hall–Kier alpha value is -1.32. The number of hydrogen-bond acceptors (Lipinski definition) is 4. The van der Waals surface area contributed by atoms with Crippen molar-refractivity contribution < 1.29 is 0 Å². The summed E-state index contributed by atoms with van der Waals surface area (Å²) >= 11 is 0. The maximum atomic E-state index is 4.52. The van der Waals surface area contributed by atoms with Gasteiger partial charge in [0.25, 0.3) is 0 Å². The van der Waals surface area contributed by atoms with Crippen LogP contribution >= 0.6 is 0 Å². The molecule has 2 rings (SSSR count). The smallest absolute Gasteiger partial charge is 0.147 e. The molecule has 4 nitrogen and oxygen atoms in total. The van der Waals surface area contributed by atoms with Crippen molar-refractivity contribution in [1.29, 1.82) is 0 Å². The van der Waals surface area contributed by atoms with E-state index in [1.165, 1.54) is 19.3 Å². The molecule has 0 aromatic carbocycles. The first-order valence-electron chi connectivity index (χ1n) is 6.99. The molecule has 1 aliphatic carbocycles. The van der Waals surface area contributed by atoms with Crippen molar-refractivity contribution >= 4 is 11.6 Å². The summed E-state index contributed by atoms with van der Waals surface area (Å²) in [6.07, 6.45) is 7.39. The second-order valence-electron chi connectivity index (χ2n) is 5.58. The van der Waals surface area contributed by atoms with Gasteiger partial charge in [-0.15, -0.1) is 0 Å². The highest BCUT2D eigenvalue weighted by Crippen LogP contribution is 2.30. The van der Waals surface area contributed by atoms with Gasteiger partial charge in [-0.05, 0) is 38.0 Å². The van der Waals surface area contributed by atoms with E-state index in [0.717, 1.165) is 30.0 Å². The molecule has 0 bridgehead atoms. The molecule has 1 heterocycles. The predicted molar refractivity (Wildman–Crippen MR) is 75.8 cm³/mol. The molecule has 0 radical (unpaired) electrons. The van der Waals surface area contributed by atoms with Crippen molar-refractivity contribution in [3.05, 3.63) is 12.4 Å². The zero-order valence-electron chi connectivity index (χ0n) is 11.6. The van der Waals surface area contributed by atoms with E-state index in [1.807, 2.05) is 6.20 Å². The van der Waals surface area contributed by atoms with E-state index in [9.17, 15) is 0 Å². The quantitative estimate of drug-likeness (QED) is 0.859. The summed E-state index contributed by atoms with van der Waals surface area (Å²) < 4.78 is 0. The highest BCUT2D eigenvalue weighted by Gasteiger charge is 2.23. The number of nitrogens with zero attached hydrogens (tertiary/aromatic N) is 2. The Kier molecular flexibility index (Phi) is 4.39. The molecular formula is C14H24N4. The van der Waals surface area contributed by atoms with Gasteiger partial charge in [0.2, 0.25) is 0 Å². The fraction of sp³-hybridized carbons (Fsp3) is 0.714. The van der Waals surface area contributed by atoms with Crippen LogP contribution in [-0.2, 0) is 0 Å². The van der Waals surface area contributed by atoms with Gasteiger partial charge in [-0.2, -0.15) is 0 Å². The van der Waals surface area contributed by atoms with Crippen molar-refractivity contribution in [2.45, 2.75) is 46.1 Å². The summed E-state index contributed by atoms with van der Waals surface area (Å²) in [5.74, 6) is 3.34. The minimum Gasteiger partial charge on any atom is -0.369 e. The largest absolute Gasteiger partial charge is 0.369 e. The maximum Gasteiger partial charge on any atom is 0.147 e. The first kappa shape index (κ1) is 13.1. The molecule has 0 amide bonds. The van der Waals surface area contributed by atoms with Crippen LogP contribution in [0.3, 0.4) is 0 Å². The SMILES string of the molecule is CCNc1cncc(NC2CC(C)CC(C)C2)n1. The molecule has 18 heavy (non-hydrogen) atoms. The van der Waals surface area contributed by atoms with E-state index in [1.54, 1.807) is 6.20 Å². The molecule has 0 saturated heterocycles. The zero-order valence-corrected chi connectivity index (χ0v) is 11.6. The third kappa shape index (κ3) is 3.59. The van der Waals surface area contributed by atoms with Crippen molar-refractivity contribution in [1.82, 2.24) is 9.97 Å². The predicted octanol–water partition coefficient (Wildman–Crippen LogP) is 3.15. The summed E-state index contributed by atoms with van der Waals surface area (Å²) in [5, 5.41) is 6.72. The third-order valence-corrected chi connectivity index (χ3v) is 3.52. The lowest BCUT2D eigenvalue weighted by Gasteiger charge is -2.32. The van der Waals surface area contributed by atoms with E-state index in [2.05, 4.69) is 41.4 Å². The average Bonchev–Trinajstić information content (AvgIpc) is 2.28. The van der Waals surface area contributed by atoms with E-state index in [-0.39, 0.29) is 0 Å². The lowest BCUT2D eigenvalue weighted by atomic mass is 9.80. The molecule has 1 aromatic rings. The van der Waals surface area contributed by atoms with Gasteiger partial charge in [-0.1, -0.05) is 13.8 Å². The van der Waals surface area contributed by atoms with Crippen LogP contribution in [0.5, 0.6) is 0 Å². The Morgan fingerprint density at radius 1 is 1.11 bits per heavy atom. The van der Waals surface area contributed by atoms with E-state index in [0.29, 0.717) is 6.04 Å². The molecule has 2 atom stereocenters. The van der Waals surface area contributed by atoms with Crippen LogP contribution in [0.25, 0.3) is 0 Å². The molecular weight excluding hydrogens is 224 g/mol. The number of aromatic nitrogens is 2. The molecule has 4 heteroatoms. The molecule has 1 fully saturated rings. The summed E-state index contributed by atoms with van der Waals surface area (Å²) in [5.41, 5.74) is 0. The van der Waals surface area contributed by atoms with Crippen LogP contribution in [0.1, 0.15) is 40.0 Å². The minimum absolute atomic E-state index is 0.537. The Balaban J connectivity index is 1.97. The molecule has 0 aliphatic heterocycles. The molecule has 1 aliphatic rings. The summed E-state index contributed by atoms with van der Waals surface area (Å²) in [6, 6.07) is 0.537. The molecule has 1 aromatic heterocycles. The average molecular weight is 248 g/mol. The number of nitrogens with one attached hydrogen (secondary N) is 2. The van der Waals surface area contributed by atoms with E-state index < -0.39 is 0 Å². The van der Waals surface area contributed by atoms with Gasteiger partial charge in [0.15, 0.2) is 0 Å². The van der Waals surface area contributed by atoms with E-state index >= 15 is 0 Å². The Morgan fingerprint density at radius 2 is 1.78 bits per heavy atom. The van der Waals surface area contributed by atoms with Crippen molar-refractivity contribution in [3.63, 3.8) is 0 Å². The number of rotatable bonds is 4. The Labute approximate surface area is 110 Å². The fourth-order valence-corrected chi connectivity index (χ4v) is 2.98. The van der Waals surface area contributed by atoms with Crippen LogP contribution < -0.4 is 10.6 Å². The zero-order chi connectivity index (χ0) is 13.0. The first-order valence-corrected chi connectivity index (χ1v) is 6.99. The number of hydrogen-bond donors (Lipinski definition) is 2. The highest BCUT2D eigenvalue weighted by molar-refractivity contribution is 5.42. The van der Waals surface area contributed by atoms with Crippen LogP contribution in [0, 0.1) is 11.8 Å². The second kappa shape index (κ2) is 6.03. The van der Waals surface area contributed by atoms with Crippen molar-refractivity contribution in [2.75, 3.05) is 17.2 Å². The lowest BCUT2D eigenvalue weighted by molar-refractivity contribution is 0.280. The van der Waals surface area contributed by atoms with Gasteiger partial charge < -0.3 is 10.6 Å². The third-order valence-electron chi connectivity index (χ3n) is 3.52. The first-order chi connectivity index (χ1) is 8.67. The normalized spacial score (nSPS) is 27.8. The van der Waals surface area contributed by atoms with Crippen LogP contribution in [0.2, 0.25) is 0 Å². The molecule has 100 valence electrons. The monoisotopic (exact) mass is 248 g/mol.